The summed E-state index contributed by atoms with van der Waals surface area (Å²) in [5.74, 6) is 0. The number of aliphatic hydroxyl groups excluding tert-OH is 1. The lowest BCUT2D eigenvalue weighted by atomic mass is 9.96. The molecule has 1 aromatic rings. The number of nitrogens with zero attached hydrogens (tertiary/aromatic N) is 1. The summed E-state index contributed by atoms with van der Waals surface area (Å²) in [6.07, 6.45) is -1.86. The average molecular weight is 362 g/mol. The maximum atomic E-state index is 12.3. The van der Waals surface area contributed by atoms with Crippen molar-refractivity contribution in [2.24, 2.45) is 0 Å². The van der Waals surface area contributed by atoms with Crippen molar-refractivity contribution in [3.8, 4) is 6.07 Å². The van der Waals surface area contributed by atoms with E-state index in [1.54, 1.807) is 31.4 Å². The van der Waals surface area contributed by atoms with Crippen LogP contribution in [0, 0.1) is 11.3 Å². The van der Waals surface area contributed by atoms with Crippen LogP contribution in [0.3, 0.4) is 0 Å². The Balaban J connectivity index is 1.62. The van der Waals surface area contributed by atoms with E-state index in [1.807, 2.05) is 6.07 Å². The lowest BCUT2D eigenvalue weighted by Gasteiger charge is -2.39. The van der Waals surface area contributed by atoms with Gasteiger partial charge in [-0.1, -0.05) is 6.07 Å². The lowest BCUT2D eigenvalue weighted by molar-refractivity contribution is -0.151. The molecule has 2 aliphatic rings. The van der Waals surface area contributed by atoms with Gasteiger partial charge >= 0.3 is 6.03 Å². The summed E-state index contributed by atoms with van der Waals surface area (Å²) < 4.78 is 16.3. The van der Waals surface area contributed by atoms with E-state index in [-0.39, 0.29) is 0 Å². The highest BCUT2D eigenvalue weighted by atomic mass is 16.7. The molecule has 1 aromatic carbocycles. The molecule has 0 aromatic heterocycles. The van der Waals surface area contributed by atoms with E-state index in [0.29, 0.717) is 31.0 Å². The first-order chi connectivity index (χ1) is 12.6. The Hall–Kier alpha value is -2.22. The minimum Gasteiger partial charge on any atom is -0.389 e. The molecule has 5 unspecified atom stereocenters. The van der Waals surface area contributed by atoms with Gasteiger partial charge in [0.05, 0.1) is 43.0 Å². The Morgan fingerprint density at radius 1 is 1.46 bits per heavy atom. The van der Waals surface area contributed by atoms with Crippen LogP contribution >= 0.6 is 0 Å². The van der Waals surface area contributed by atoms with Crippen LogP contribution in [0.1, 0.15) is 5.56 Å². The molecule has 9 nitrogen and oxygen atoms in total. The average Bonchev–Trinajstić information content (AvgIpc) is 3.08. The van der Waals surface area contributed by atoms with Crippen molar-refractivity contribution < 1.29 is 24.1 Å². The van der Waals surface area contributed by atoms with E-state index in [4.69, 9.17) is 19.5 Å². The molecule has 2 amide bonds. The maximum Gasteiger partial charge on any atom is 0.319 e. The van der Waals surface area contributed by atoms with Crippen molar-refractivity contribution >= 4 is 11.7 Å². The van der Waals surface area contributed by atoms with Crippen molar-refractivity contribution in [2.45, 2.75) is 30.6 Å². The van der Waals surface area contributed by atoms with Crippen molar-refractivity contribution in [3.63, 3.8) is 0 Å². The van der Waals surface area contributed by atoms with Gasteiger partial charge in [0.15, 0.2) is 6.29 Å². The normalized spacial score (nSPS) is 29.8. The van der Waals surface area contributed by atoms with Gasteiger partial charge in [-0.15, -0.1) is 0 Å². The van der Waals surface area contributed by atoms with Crippen LogP contribution < -0.4 is 16.0 Å². The van der Waals surface area contributed by atoms with E-state index in [9.17, 15) is 9.90 Å². The van der Waals surface area contributed by atoms with E-state index in [2.05, 4.69) is 16.0 Å². The first kappa shape index (κ1) is 18.6. The lowest BCUT2D eigenvalue weighted by Crippen LogP contribution is -2.65. The second-order valence-corrected chi connectivity index (χ2v) is 6.16. The standard InChI is InChI=1S/C17H22N4O5/c1-24-6-5-19-14-15(22)13(12-9-25-16(14)26-12)21-17(23)20-11-4-2-3-10(7-11)8-18/h2-4,7,12-16,19,22H,5-6,9H2,1H3,(H2,20,21,23). The number of benzene rings is 1. The van der Waals surface area contributed by atoms with Crippen LogP contribution in [-0.2, 0) is 14.2 Å². The third-order valence-corrected chi connectivity index (χ3v) is 4.40. The highest BCUT2D eigenvalue weighted by Gasteiger charge is 2.50. The van der Waals surface area contributed by atoms with Crippen molar-refractivity contribution in [2.75, 3.05) is 32.2 Å². The Morgan fingerprint density at radius 3 is 3.08 bits per heavy atom. The second kappa shape index (κ2) is 8.44. The van der Waals surface area contributed by atoms with E-state index >= 15 is 0 Å². The van der Waals surface area contributed by atoms with Crippen LogP contribution in [0.4, 0.5) is 10.5 Å². The van der Waals surface area contributed by atoms with Crippen LogP contribution in [0.15, 0.2) is 24.3 Å². The summed E-state index contributed by atoms with van der Waals surface area (Å²) in [4.78, 5) is 12.3. The fourth-order valence-electron chi connectivity index (χ4n) is 3.13. The summed E-state index contributed by atoms with van der Waals surface area (Å²) in [5, 5.41) is 28.1. The molecule has 2 aliphatic heterocycles. The number of rotatable bonds is 6. The predicted molar refractivity (Wildman–Crippen MR) is 91.4 cm³/mol. The maximum absolute atomic E-state index is 12.3. The molecule has 3 rings (SSSR count). The zero-order valence-electron chi connectivity index (χ0n) is 14.3. The number of fused-ring (bicyclic) bond motifs is 2. The van der Waals surface area contributed by atoms with Gasteiger partial charge in [-0.25, -0.2) is 4.79 Å². The quantitative estimate of drug-likeness (QED) is 0.515. The molecule has 26 heavy (non-hydrogen) atoms. The number of ether oxygens (including phenoxy) is 3. The SMILES string of the molecule is COCCNC1C2OCC(O2)C(NC(=O)Nc2cccc(C#N)c2)C1O. The molecule has 9 heteroatoms. The highest BCUT2D eigenvalue weighted by Crippen LogP contribution is 2.28. The number of nitriles is 1. The first-order valence-corrected chi connectivity index (χ1v) is 8.37. The zero-order valence-corrected chi connectivity index (χ0v) is 14.3. The number of carbonyl (C=O) groups is 1. The Bertz CT molecular complexity index is 679. The largest absolute Gasteiger partial charge is 0.389 e. The van der Waals surface area contributed by atoms with Gasteiger partial charge in [-0.2, -0.15) is 5.26 Å². The smallest absolute Gasteiger partial charge is 0.319 e. The van der Waals surface area contributed by atoms with Gasteiger partial charge in [-0.05, 0) is 18.2 Å². The predicted octanol–water partition coefficient (Wildman–Crippen LogP) is -0.231. The number of anilines is 1. The van der Waals surface area contributed by atoms with Crippen LogP contribution in [0.2, 0.25) is 0 Å². The Kier molecular flexibility index (Phi) is 6.03. The van der Waals surface area contributed by atoms with Gasteiger partial charge in [0.2, 0.25) is 0 Å². The molecule has 0 radical (unpaired) electrons. The molecule has 4 N–H and O–H groups in total. The summed E-state index contributed by atoms with van der Waals surface area (Å²) in [7, 11) is 1.59. The monoisotopic (exact) mass is 362 g/mol. The molecule has 140 valence electrons. The van der Waals surface area contributed by atoms with Gasteiger partial charge in [0, 0.05) is 19.3 Å². The van der Waals surface area contributed by atoms with Gasteiger partial charge in [0.25, 0.3) is 0 Å². The number of hydrogen-bond acceptors (Lipinski definition) is 7. The molecule has 2 fully saturated rings. The summed E-state index contributed by atoms with van der Waals surface area (Å²) in [6, 6.07) is 6.99. The summed E-state index contributed by atoms with van der Waals surface area (Å²) in [6.45, 7) is 1.29. The van der Waals surface area contributed by atoms with Gasteiger partial charge < -0.3 is 35.3 Å². The fourth-order valence-corrected chi connectivity index (χ4v) is 3.13. The molecular formula is C17H22N4O5. The van der Waals surface area contributed by atoms with Crippen LogP contribution in [0.5, 0.6) is 0 Å². The van der Waals surface area contributed by atoms with E-state index < -0.39 is 36.6 Å². The highest BCUT2D eigenvalue weighted by molar-refractivity contribution is 5.89. The molecule has 0 saturated carbocycles. The Morgan fingerprint density at radius 2 is 2.31 bits per heavy atom. The van der Waals surface area contributed by atoms with Gasteiger partial charge in [0.1, 0.15) is 6.10 Å². The fraction of sp³-hybridized carbons (Fsp3) is 0.529. The van der Waals surface area contributed by atoms with Crippen LogP contribution in [0.25, 0.3) is 0 Å². The molecule has 5 atom stereocenters. The third kappa shape index (κ3) is 4.12. The molecule has 2 heterocycles. The summed E-state index contributed by atoms with van der Waals surface area (Å²) in [5.41, 5.74) is 0.932. The molecule has 0 spiro atoms. The minimum absolute atomic E-state index is 0.291. The van der Waals surface area contributed by atoms with Crippen LogP contribution in [-0.4, -0.2) is 68.6 Å². The first-order valence-electron chi connectivity index (χ1n) is 8.37. The number of urea groups is 1. The van der Waals surface area contributed by atoms with E-state index in [0.717, 1.165) is 0 Å². The van der Waals surface area contributed by atoms with Gasteiger partial charge in [-0.3, -0.25) is 0 Å². The number of aliphatic hydroxyl groups is 1. The number of hydrogen-bond donors (Lipinski definition) is 4. The molecule has 2 bridgehead atoms. The minimum atomic E-state index is -0.880. The summed E-state index contributed by atoms with van der Waals surface area (Å²) >= 11 is 0. The molecule has 0 aliphatic carbocycles. The number of carbonyl (C=O) groups excluding carboxylic acids is 1. The van der Waals surface area contributed by atoms with Crippen molar-refractivity contribution in [1.82, 2.24) is 10.6 Å². The van der Waals surface area contributed by atoms with Crippen molar-refractivity contribution in [3.05, 3.63) is 29.8 Å². The third-order valence-electron chi connectivity index (χ3n) is 4.40. The van der Waals surface area contributed by atoms with E-state index in [1.165, 1.54) is 0 Å². The van der Waals surface area contributed by atoms with Crippen molar-refractivity contribution in [1.29, 1.82) is 5.26 Å². The number of nitrogens with one attached hydrogen (secondary N) is 3. The molecule has 2 saturated heterocycles. The number of amides is 2. The number of methoxy groups -OCH3 is 1. The second-order valence-electron chi connectivity index (χ2n) is 6.16. The topological polar surface area (TPSA) is 125 Å². The molecular weight excluding hydrogens is 340 g/mol. The zero-order chi connectivity index (χ0) is 18.5. The Labute approximate surface area is 151 Å².